The second kappa shape index (κ2) is 15.1. The van der Waals surface area contributed by atoms with Gasteiger partial charge in [-0.25, -0.2) is 9.59 Å². The standard InChI is InChI=1S/C31H34N2O7/c1-2-3-4-5-6-19-39-25-17-13-24(14-18-25)31(38)40-26-15-7-21(8-16-26)20-27(30(36)37)33-29(35)23-11-9-22(10-12-23)28(32)34/h7-18,27H,2-6,19-20H2,1H3,(H2,32,34)(H,33,35)(H,36,37)/t27-/m0/s1. The Kier molecular flexibility index (Phi) is 11.3. The van der Waals surface area contributed by atoms with Gasteiger partial charge in [-0.1, -0.05) is 44.7 Å². The van der Waals surface area contributed by atoms with E-state index < -0.39 is 29.8 Å². The molecule has 0 spiro atoms. The number of carbonyl (C=O) groups is 4. The van der Waals surface area contributed by atoms with Gasteiger partial charge in [-0.05, 0) is 72.6 Å². The number of nitrogens with two attached hydrogens (primary N) is 1. The Balaban J connectivity index is 1.51. The summed E-state index contributed by atoms with van der Waals surface area (Å²) in [7, 11) is 0. The maximum atomic E-state index is 12.5. The van der Waals surface area contributed by atoms with Crippen LogP contribution in [-0.4, -0.2) is 41.5 Å². The van der Waals surface area contributed by atoms with Crippen molar-refractivity contribution in [2.24, 2.45) is 5.73 Å². The highest BCUT2D eigenvalue weighted by molar-refractivity contribution is 5.98. The van der Waals surface area contributed by atoms with Crippen molar-refractivity contribution in [3.63, 3.8) is 0 Å². The zero-order valence-corrected chi connectivity index (χ0v) is 22.4. The molecule has 0 heterocycles. The van der Waals surface area contributed by atoms with Crippen molar-refractivity contribution in [3.8, 4) is 11.5 Å². The second-order valence-electron chi connectivity index (χ2n) is 9.33. The van der Waals surface area contributed by atoms with Gasteiger partial charge < -0.3 is 25.6 Å². The highest BCUT2D eigenvalue weighted by Gasteiger charge is 2.21. The van der Waals surface area contributed by atoms with Crippen molar-refractivity contribution >= 4 is 23.8 Å². The first-order chi connectivity index (χ1) is 19.3. The fourth-order valence-electron chi connectivity index (χ4n) is 3.91. The number of primary amides is 1. The van der Waals surface area contributed by atoms with E-state index in [1.54, 1.807) is 48.5 Å². The van der Waals surface area contributed by atoms with Crippen molar-refractivity contribution in [1.82, 2.24) is 5.32 Å². The van der Waals surface area contributed by atoms with Gasteiger partial charge in [0.15, 0.2) is 0 Å². The Hall–Kier alpha value is -4.66. The first-order valence-electron chi connectivity index (χ1n) is 13.2. The van der Waals surface area contributed by atoms with Gasteiger partial charge in [-0.15, -0.1) is 0 Å². The summed E-state index contributed by atoms with van der Waals surface area (Å²) in [4.78, 5) is 48.0. The number of nitrogens with one attached hydrogen (secondary N) is 1. The normalized spacial score (nSPS) is 11.3. The lowest BCUT2D eigenvalue weighted by Gasteiger charge is -2.15. The van der Waals surface area contributed by atoms with Crippen LogP contribution < -0.4 is 20.5 Å². The molecule has 2 amide bonds. The van der Waals surface area contributed by atoms with Gasteiger partial charge in [0.05, 0.1) is 12.2 Å². The summed E-state index contributed by atoms with van der Waals surface area (Å²) in [5, 5.41) is 12.1. The number of rotatable bonds is 15. The predicted molar refractivity (Wildman–Crippen MR) is 150 cm³/mol. The number of carboxylic acids is 1. The Morgan fingerprint density at radius 2 is 1.35 bits per heavy atom. The molecule has 1 atom stereocenters. The van der Waals surface area contributed by atoms with Gasteiger partial charge in [-0.2, -0.15) is 0 Å². The van der Waals surface area contributed by atoms with Crippen LogP contribution in [0.25, 0.3) is 0 Å². The average Bonchev–Trinajstić information content (AvgIpc) is 2.95. The topological polar surface area (TPSA) is 145 Å². The van der Waals surface area contributed by atoms with E-state index in [2.05, 4.69) is 12.2 Å². The van der Waals surface area contributed by atoms with Gasteiger partial charge in [0, 0.05) is 17.5 Å². The maximum Gasteiger partial charge on any atom is 0.343 e. The summed E-state index contributed by atoms with van der Waals surface area (Å²) in [6.07, 6.45) is 5.78. The minimum atomic E-state index is -1.21. The second-order valence-corrected chi connectivity index (χ2v) is 9.33. The van der Waals surface area contributed by atoms with Gasteiger partial charge in [0.25, 0.3) is 5.91 Å². The van der Waals surface area contributed by atoms with Crippen molar-refractivity contribution in [3.05, 3.63) is 95.1 Å². The van der Waals surface area contributed by atoms with Crippen molar-refractivity contribution in [2.75, 3.05) is 6.61 Å². The number of unbranched alkanes of at least 4 members (excludes halogenated alkanes) is 4. The molecule has 9 nitrogen and oxygen atoms in total. The van der Waals surface area contributed by atoms with Crippen LogP contribution in [0.2, 0.25) is 0 Å². The van der Waals surface area contributed by atoms with E-state index in [1.807, 2.05) is 0 Å². The van der Waals surface area contributed by atoms with Gasteiger partial charge in [0.1, 0.15) is 17.5 Å². The molecule has 0 radical (unpaired) electrons. The number of ether oxygens (including phenoxy) is 2. The van der Waals surface area contributed by atoms with Crippen molar-refractivity contribution in [1.29, 1.82) is 0 Å². The average molecular weight is 547 g/mol. The number of benzene rings is 3. The Morgan fingerprint density at radius 1 is 0.775 bits per heavy atom. The minimum Gasteiger partial charge on any atom is -0.494 e. The Labute approximate surface area is 233 Å². The molecule has 0 fully saturated rings. The quantitative estimate of drug-likeness (QED) is 0.141. The van der Waals surface area contributed by atoms with Crippen LogP contribution in [0.15, 0.2) is 72.8 Å². The van der Waals surface area contributed by atoms with Crippen LogP contribution in [0.5, 0.6) is 11.5 Å². The summed E-state index contributed by atoms with van der Waals surface area (Å²) >= 11 is 0. The van der Waals surface area contributed by atoms with E-state index in [0.29, 0.717) is 29.2 Å². The molecule has 3 aromatic rings. The fraction of sp³-hybridized carbons (Fsp3) is 0.290. The SMILES string of the molecule is CCCCCCCOc1ccc(C(=O)Oc2ccc(C[C@H](NC(=O)c3ccc(C(N)=O)cc3)C(=O)O)cc2)cc1. The third-order valence-corrected chi connectivity index (χ3v) is 6.22. The lowest BCUT2D eigenvalue weighted by Crippen LogP contribution is -2.42. The zero-order valence-electron chi connectivity index (χ0n) is 22.4. The third kappa shape index (κ3) is 9.27. The summed E-state index contributed by atoms with van der Waals surface area (Å²) < 4.78 is 11.2. The summed E-state index contributed by atoms with van der Waals surface area (Å²) in [5.74, 6) is -1.97. The maximum absolute atomic E-state index is 12.5. The number of carboxylic acid groups (broad SMARTS) is 1. The van der Waals surface area contributed by atoms with Gasteiger partial charge in [0.2, 0.25) is 5.91 Å². The molecule has 40 heavy (non-hydrogen) atoms. The molecule has 0 unspecified atom stereocenters. The minimum absolute atomic E-state index is 0.00867. The molecular formula is C31H34N2O7. The van der Waals surface area contributed by atoms with Crippen LogP contribution >= 0.6 is 0 Å². The number of carbonyl (C=O) groups excluding carboxylic acids is 3. The molecule has 3 aromatic carbocycles. The van der Waals surface area contributed by atoms with E-state index >= 15 is 0 Å². The van der Waals surface area contributed by atoms with Gasteiger partial charge >= 0.3 is 11.9 Å². The Morgan fingerprint density at radius 3 is 1.95 bits per heavy atom. The summed E-state index contributed by atoms with van der Waals surface area (Å²) in [6.45, 7) is 2.81. The van der Waals surface area contributed by atoms with Crippen molar-refractivity contribution in [2.45, 2.75) is 51.5 Å². The zero-order chi connectivity index (χ0) is 28.9. The molecule has 0 saturated carbocycles. The lowest BCUT2D eigenvalue weighted by molar-refractivity contribution is -0.139. The highest BCUT2D eigenvalue weighted by atomic mass is 16.5. The molecule has 0 aliphatic carbocycles. The molecule has 0 aromatic heterocycles. The van der Waals surface area contributed by atoms with Crippen LogP contribution in [0.4, 0.5) is 0 Å². The van der Waals surface area contributed by atoms with Crippen LogP contribution in [0.1, 0.15) is 75.7 Å². The lowest BCUT2D eigenvalue weighted by atomic mass is 10.0. The van der Waals surface area contributed by atoms with E-state index in [1.165, 1.54) is 43.5 Å². The van der Waals surface area contributed by atoms with E-state index in [4.69, 9.17) is 15.2 Å². The largest absolute Gasteiger partial charge is 0.494 e. The molecular weight excluding hydrogens is 512 g/mol. The molecule has 210 valence electrons. The third-order valence-electron chi connectivity index (χ3n) is 6.22. The van der Waals surface area contributed by atoms with Crippen LogP contribution in [0, 0.1) is 0 Å². The number of hydrogen-bond acceptors (Lipinski definition) is 6. The molecule has 0 bridgehead atoms. The Bertz CT molecular complexity index is 1290. The monoisotopic (exact) mass is 546 g/mol. The first kappa shape index (κ1) is 29.9. The summed E-state index contributed by atoms with van der Waals surface area (Å²) in [6, 6.07) is 17.5. The smallest absolute Gasteiger partial charge is 0.343 e. The van der Waals surface area contributed by atoms with Crippen LogP contribution in [0.3, 0.4) is 0 Å². The predicted octanol–water partition coefficient (Wildman–Crippen LogP) is 4.78. The van der Waals surface area contributed by atoms with Crippen LogP contribution in [-0.2, 0) is 11.2 Å². The molecule has 4 N–H and O–H groups in total. The first-order valence-corrected chi connectivity index (χ1v) is 13.2. The number of hydrogen-bond donors (Lipinski definition) is 3. The molecule has 0 saturated heterocycles. The van der Waals surface area contributed by atoms with E-state index in [0.717, 1.165) is 12.8 Å². The van der Waals surface area contributed by atoms with E-state index in [-0.39, 0.29) is 17.5 Å². The molecule has 3 rings (SSSR count). The summed E-state index contributed by atoms with van der Waals surface area (Å²) in [5.41, 5.74) is 6.62. The molecule has 9 heteroatoms. The number of amides is 2. The van der Waals surface area contributed by atoms with E-state index in [9.17, 15) is 24.3 Å². The highest BCUT2D eigenvalue weighted by Crippen LogP contribution is 2.18. The van der Waals surface area contributed by atoms with Gasteiger partial charge in [-0.3, -0.25) is 9.59 Å². The fourth-order valence-corrected chi connectivity index (χ4v) is 3.91. The number of esters is 1. The number of aliphatic carboxylic acids is 1. The molecule has 0 aliphatic heterocycles. The van der Waals surface area contributed by atoms with Crippen molar-refractivity contribution < 1.29 is 33.8 Å². The molecule has 0 aliphatic rings.